The summed E-state index contributed by atoms with van der Waals surface area (Å²) in [6.07, 6.45) is 2.34. The molecule has 0 unspecified atom stereocenters. The van der Waals surface area contributed by atoms with Crippen LogP contribution in [0.5, 0.6) is 11.5 Å². The van der Waals surface area contributed by atoms with Crippen molar-refractivity contribution in [3.8, 4) is 11.5 Å². The van der Waals surface area contributed by atoms with Gasteiger partial charge in [0, 0.05) is 31.4 Å². The fourth-order valence-electron chi connectivity index (χ4n) is 3.38. The van der Waals surface area contributed by atoms with E-state index in [0.29, 0.717) is 6.79 Å². The van der Waals surface area contributed by atoms with Crippen LogP contribution in [0.4, 0.5) is 0 Å². The Balaban J connectivity index is 0.00000210. The third-order valence-corrected chi connectivity index (χ3v) is 5.88. The van der Waals surface area contributed by atoms with Gasteiger partial charge in [0.05, 0.1) is 17.2 Å². The van der Waals surface area contributed by atoms with Gasteiger partial charge in [-0.1, -0.05) is 6.07 Å². The van der Waals surface area contributed by atoms with Crippen LogP contribution in [0, 0.1) is 6.92 Å². The minimum atomic E-state index is 0. The van der Waals surface area contributed by atoms with E-state index in [0.717, 1.165) is 41.2 Å². The van der Waals surface area contributed by atoms with Gasteiger partial charge >= 0.3 is 0 Å². The second kappa shape index (κ2) is 8.22. The van der Waals surface area contributed by atoms with Gasteiger partial charge in [0.15, 0.2) is 17.5 Å². The summed E-state index contributed by atoms with van der Waals surface area (Å²) in [6, 6.07) is 6.30. The van der Waals surface area contributed by atoms with Crippen LogP contribution in [0.2, 0.25) is 0 Å². The molecule has 1 N–H and O–H groups in total. The van der Waals surface area contributed by atoms with Crippen molar-refractivity contribution in [3.05, 3.63) is 39.8 Å². The first-order valence-electron chi connectivity index (χ1n) is 8.82. The molecule has 1 saturated carbocycles. The van der Waals surface area contributed by atoms with Crippen molar-refractivity contribution < 1.29 is 9.47 Å². The molecule has 1 aromatic carbocycles. The lowest BCUT2D eigenvalue weighted by Gasteiger charge is -2.24. The molecule has 0 saturated heterocycles. The van der Waals surface area contributed by atoms with Crippen LogP contribution in [-0.2, 0) is 12.0 Å². The van der Waals surface area contributed by atoms with Crippen molar-refractivity contribution in [1.29, 1.82) is 0 Å². The van der Waals surface area contributed by atoms with Gasteiger partial charge < -0.3 is 19.7 Å². The second-order valence-corrected chi connectivity index (χ2v) is 8.03. The molecule has 0 bridgehead atoms. The van der Waals surface area contributed by atoms with E-state index in [-0.39, 0.29) is 29.4 Å². The number of fused-ring (bicyclic) bond motifs is 1. The average Bonchev–Trinajstić information content (AvgIpc) is 3.08. The number of halogens is 1. The molecule has 1 fully saturated rings. The summed E-state index contributed by atoms with van der Waals surface area (Å²) >= 11 is 1.68. The zero-order chi connectivity index (χ0) is 18.1. The smallest absolute Gasteiger partial charge is 0.231 e. The number of hydrogen-bond donors (Lipinski definition) is 1. The molecule has 1 aliphatic carbocycles. The lowest BCUT2D eigenvalue weighted by Crippen LogP contribution is -2.42. The number of ether oxygens (including phenoxy) is 2. The number of rotatable bonds is 5. The standard InChI is InChI=1S/C19H24N4O2S.HI/c1-13-22-15(10-26-13)9-23(3)18(20-2)21-11-19(6-7-19)14-4-5-16-17(8-14)25-12-24-16;/h4-5,8,10H,6-7,9,11-12H2,1-3H3,(H,20,21);1H. The SMILES string of the molecule is CN=C(NCC1(c2ccc3c(c2)OCO3)CC1)N(C)Cc1csc(C)n1.I. The molecule has 8 heteroatoms. The van der Waals surface area contributed by atoms with Crippen LogP contribution in [0.15, 0.2) is 28.6 Å². The van der Waals surface area contributed by atoms with E-state index in [1.165, 1.54) is 18.4 Å². The third kappa shape index (κ3) is 4.31. The van der Waals surface area contributed by atoms with E-state index in [4.69, 9.17) is 9.47 Å². The highest BCUT2D eigenvalue weighted by Crippen LogP contribution is 2.49. The van der Waals surface area contributed by atoms with E-state index in [1.807, 2.05) is 27.1 Å². The van der Waals surface area contributed by atoms with Crippen LogP contribution >= 0.6 is 35.3 Å². The van der Waals surface area contributed by atoms with Crippen LogP contribution in [0.1, 0.15) is 29.1 Å². The van der Waals surface area contributed by atoms with E-state index in [2.05, 4.69) is 37.7 Å². The van der Waals surface area contributed by atoms with Gasteiger partial charge in [-0.3, -0.25) is 4.99 Å². The van der Waals surface area contributed by atoms with Gasteiger partial charge in [-0.05, 0) is 37.5 Å². The summed E-state index contributed by atoms with van der Waals surface area (Å²) in [6.45, 7) is 3.96. The summed E-state index contributed by atoms with van der Waals surface area (Å²) in [4.78, 5) is 11.1. The number of guanidine groups is 1. The average molecular weight is 500 g/mol. The van der Waals surface area contributed by atoms with E-state index in [9.17, 15) is 0 Å². The van der Waals surface area contributed by atoms with Gasteiger partial charge in [-0.15, -0.1) is 35.3 Å². The van der Waals surface area contributed by atoms with Gasteiger partial charge in [0.2, 0.25) is 6.79 Å². The van der Waals surface area contributed by atoms with Crippen LogP contribution in [-0.4, -0.2) is 43.3 Å². The zero-order valence-corrected chi connectivity index (χ0v) is 19.0. The Morgan fingerprint density at radius 1 is 1.33 bits per heavy atom. The second-order valence-electron chi connectivity index (χ2n) is 6.96. The third-order valence-electron chi connectivity index (χ3n) is 5.06. The first-order chi connectivity index (χ1) is 12.6. The minimum absolute atomic E-state index is 0. The first-order valence-corrected chi connectivity index (χ1v) is 9.70. The Kier molecular flexibility index (Phi) is 6.15. The van der Waals surface area contributed by atoms with Crippen molar-refractivity contribution in [2.45, 2.75) is 31.7 Å². The van der Waals surface area contributed by atoms with Gasteiger partial charge in [-0.2, -0.15) is 0 Å². The van der Waals surface area contributed by atoms with Crippen LogP contribution in [0.25, 0.3) is 0 Å². The van der Waals surface area contributed by atoms with Crippen molar-refractivity contribution in [1.82, 2.24) is 15.2 Å². The Morgan fingerprint density at radius 3 is 2.78 bits per heavy atom. The molecular formula is C19H25IN4O2S. The zero-order valence-electron chi connectivity index (χ0n) is 15.8. The number of aromatic nitrogens is 1. The number of aliphatic imine (C=N–C) groups is 1. The van der Waals surface area contributed by atoms with Crippen molar-refractivity contribution in [2.24, 2.45) is 4.99 Å². The molecule has 0 spiro atoms. The highest BCUT2D eigenvalue weighted by molar-refractivity contribution is 14.0. The molecule has 0 atom stereocenters. The molecule has 6 nitrogen and oxygen atoms in total. The molecule has 27 heavy (non-hydrogen) atoms. The Hall–Kier alpha value is -1.55. The monoisotopic (exact) mass is 500 g/mol. The highest BCUT2D eigenvalue weighted by Gasteiger charge is 2.45. The van der Waals surface area contributed by atoms with Crippen LogP contribution < -0.4 is 14.8 Å². The number of nitrogens with one attached hydrogen (secondary N) is 1. The highest BCUT2D eigenvalue weighted by atomic mass is 127. The molecule has 2 aliphatic rings. The van der Waals surface area contributed by atoms with Crippen LogP contribution in [0.3, 0.4) is 0 Å². The van der Waals surface area contributed by atoms with E-state index < -0.39 is 0 Å². The minimum Gasteiger partial charge on any atom is -0.454 e. The Labute approximate surface area is 181 Å². The fourth-order valence-corrected chi connectivity index (χ4v) is 3.98. The fraction of sp³-hybridized carbons (Fsp3) is 0.474. The summed E-state index contributed by atoms with van der Waals surface area (Å²) in [7, 11) is 3.87. The normalized spacial score (nSPS) is 16.6. The molecule has 0 radical (unpaired) electrons. The quantitative estimate of drug-likeness (QED) is 0.387. The van der Waals surface area contributed by atoms with Crippen molar-refractivity contribution >= 4 is 41.3 Å². The first kappa shape index (κ1) is 20.2. The lowest BCUT2D eigenvalue weighted by molar-refractivity contribution is 0.174. The van der Waals surface area contributed by atoms with E-state index >= 15 is 0 Å². The van der Waals surface area contributed by atoms with E-state index in [1.54, 1.807) is 11.3 Å². The maximum Gasteiger partial charge on any atom is 0.231 e. The largest absolute Gasteiger partial charge is 0.454 e. The van der Waals surface area contributed by atoms with Gasteiger partial charge in [-0.25, -0.2) is 4.98 Å². The van der Waals surface area contributed by atoms with Gasteiger partial charge in [0.25, 0.3) is 0 Å². The molecule has 1 aromatic heterocycles. The number of hydrogen-bond acceptors (Lipinski definition) is 5. The van der Waals surface area contributed by atoms with Crippen molar-refractivity contribution in [2.75, 3.05) is 27.4 Å². The topological polar surface area (TPSA) is 59.0 Å². The molecule has 0 amide bonds. The summed E-state index contributed by atoms with van der Waals surface area (Å²) in [5.41, 5.74) is 2.55. The lowest BCUT2D eigenvalue weighted by atomic mass is 9.95. The molecule has 1 aliphatic heterocycles. The number of thiazole rings is 1. The molecule has 2 heterocycles. The van der Waals surface area contributed by atoms with Crippen molar-refractivity contribution in [3.63, 3.8) is 0 Å². The Bertz CT molecular complexity index is 835. The summed E-state index contributed by atoms with van der Waals surface area (Å²) in [5.74, 6) is 2.59. The maximum absolute atomic E-state index is 5.53. The number of benzene rings is 1. The predicted molar refractivity (Wildman–Crippen MR) is 119 cm³/mol. The molecule has 4 rings (SSSR count). The number of nitrogens with zero attached hydrogens (tertiary/aromatic N) is 3. The molecule has 146 valence electrons. The maximum atomic E-state index is 5.53. The predicted octanol–water partition coefficient (Wildman–Crippen LogP) is 3.54. The summed E-state index contributed by atoms with van der Waals surface area (Å²) in [5, 5.41) is 6.74. The summed E-state index contributed by atoms with van der Waals surface area (Å²) < 4.78 is 11.0. The number of aryl methyl sites for hydroxylation is 1. The van der Waals surface area contributed by atoms with Gasteiger partial charge in [0.1, 0.15) is 0 Å². The molecular weight excluding hydrogens is 475 g/mol. The Morgan fingerprint density at radius 2 is 2.11 bits per heavy atom. The molecule has 2 aromatic rings.